The molecule has 0 bridgehead atoms. The van der Waals surface area contributed by atoms with Crippen molar-refractivity contribution < 1.29 is 9.53 Å². The Morgan fingerprint density at radius 1 is 1.35 bits per heavy atom. The van der Waals surface area contributed by atoms with Crippen LogP contribution in [-0.2, 0) is 13.0 Å². The zero-order valence-electron chi connectivity index (χ0n) is 13.2. The van der Waals surface area contributed by atoms with Gasteiger partial charge >= 0.3 is 0 Å². The SMILES string of the molecule is CC(C)Oc1ccccc1NC(=O)c1n[nH]c2c1CNCC2.Cl. The number of hydrogen-bond acceptors (Lipinski definition) is 4. The van der Waals surface area contributed by atoms with Crippen LogP contribution in [-0.4, -0.2) is 28.8 Å². The normalized spacial score (nSPS) is 13.2. The highest BCUT2D eigenvalue weighted by Crippen LogP contribution is 2.26. The van der Waals surface area contributed by atoms with Crippen LogP contribution in [0, 0.1) is 0 Å². The third-order valence-electron chi connectivity index (χ3n) is 3.52. The van der Waals surface area contributed by atoms with Crippen molar-refractivity contribution >= 4 is 24.0 Å². The number of aromatic amines is 1. The van der Waals surface area contributed by atoms with Crippen LogP contribution in [0.15, 0.2) is 24.3 Å². The van der Waals surface area contributed by atoms with Gasteiger partial charge in [-0.3, -0.25) is 9.89 Å². The molecule has 0 radical (unpaired) electrons. The Hall–Kier alpha value is -2.05. The van der Waals surface area contributed by atoms with Gasteiger partial charge in [-0.05, 0) is 26.0 Å². The number of aromatic nitrogens is 2. The molecule has 2 aromatic rings. The first kappa shape index (κ1) is 17.3. The number of amides is 1. The minimum absolute atomic E-state index is 0. The standard InChI is InChI=1S/C16H20N4O2.ClH/c1-10(2)22-14-6-4-3-5-13(14)18-16(21)15-11-9-17-8-7-12(11)19-20-15;/h3-6,10,17H,7-9H2,1-2H3,(H,18,21)(H,19,20);1H. The van der Waals surface area contributed by atoms with E-state index in [0.717, 1.165) is 24.2 Å². The van der Waals surface area contributed by atoms with Crippen molar-refractivity contribution in [2.24, 2.45) is 0 Å². The number of para-hydroxylation sites is 2. The van der Waals surface area contributed by atoms with Crippen molar-refractivity contribution in [3.8, 4) is 5.75 Å². The number of rotatable bonds is 4. The van der Waals surface area contributed by atoms with E-state index < -0.39 is 0 Å². The molecule has 7 heteroatoms. The van der Waals surface area contributed by atoms with Crippen LogP contribution >= 0.6 is 12.4 Å². The number of hydrogen-bond donors (Lipinski definition) is 3. The summed E-state index contributed by atoms with van der Waals surface area (Å²) < 4.78 is 5.72. The average Bonchev–Trinajstić information content (AvgIpc) is 2.93. The molecule has 1 aromatic heterocycles. The zero-order chi connectivity index (χ0) is 15.5. The first-order valence-electron chi connectivity index (χ1n) is 7.49. The number of carbonyl (C=O) groups excluding carboxylic acids is 1. The number of nitrogens with one attached hydrogen (secondary N) is 3. The smallest absolute Gasteiger partial charge is 0.276 e. The Kier molecular flexibility index (Phi) is 5.63. The van der Waals surface area contributed by atoms with Gasteiger partial charge < -0.3 is 15.4 Å². The van der Waals surface area contributed by atoms with Gasteiger partial charge in [-0.25, -0.2) is 0 Å². The van der Waals surface area contributed by atoms with Crippen molar-refractivity contribution in [1.29, 1.82) is 0 Å². The predicted molar refractivity (Wildman–Crippen MR) is 91.4 cm³/mol. The maximum atomic E-state index is 12.5. The van der Waals surface area contributed by atoms with Gasteiger partial charge in [0, 0.05) is 30.8 Å². The summed E-state index contributed by atoms with van der Waals surface area (Å²) in [6.45, 7) is 5.47. The first-order valence-corrected chi connectivity index (χ1v) is 7.49. The highest BCUT2D eigenvalue weighted by molar-refractivity contribution is 6.04. The molecule has 0 spiro atoms. The van der Waals surface area contributed by atoms with Gasteiger partial charge in [-0.15, -0.1) is 12.4 Å². The number of H-pyrrole nitrogens is 1. The maximum Gasteiger partial charge on any atom is 0.276 e. The molecule has 1 aromatic carbocycles. The second-order valence-electron chi connectivity index (χ2n) is 5.57. The number of anilines is 1. The van der Waals surface area contributed by atoms with Crippen LogP contribution in [0.3, 0.4) is 0 Å². The van der Waals surface area contributed by atoms with Gasteiger partial charge in [0.15, 0.2) is 5.69 Å². The molecule has 1 amide bonds. The minimum Gasteiger partial charge on any atom is -0.489 e. The van der Waals surface area contributed by atoms with Gasteiger partial charge in [0.25, 0.3) is 5.91 Å². The Bertz CT molecular complexity index is 684. The van der Waals surface area contributed by atoms with Crippen LogP contribution in [0.25, 0.3) is 0 Å². The van der Waals surface area contributed by atoms with Gasteiger partial charge in [-0.1, -0.05) is 12.1 Å². The molecular weight excluding hydrogens is 316 g/mol. The van der Waals surface area contributed by atoms with Crippen molar-refractivity contribution in [3.63, 3.8) is 0 Å². The van der Waals surface area contributed by atoms with Crippen molar-refractivity contribution in [3.05, 3.63) is 41.2 Å². The molecule has 3 N–H and O–H groups in total. The Morgan fingerprint density at radius 3 is 2.91 bits per heavy atom. The topological polar surface area (TPSA) is 79.0 Å². The van der Waals surface area contributed by atoms with Crippen molar-refractivity contribution in [2.75, 3.05) is 11.9 Å². The molecule has 0 fully saturated rings. The predicted octanol–water partition coefficient (Wildman–Crippen LogP) is 2.52. The Balaban J connectivity index is 0.00000192. The van der Waals surface area contributed by atoms with Crippen LogP contribution in [0.1, 0.15) is 35.6 Å². The molecule has 23 heavy (non-hydrogen) atoms. The van der Waals surface area contributed by atoms with Crippen molar-refractivity contribution in [2.45, 2.75) is 32.9 Å². The molecule has 0 atom stereocenters. The zero-order valence-corrected chi connectivity index (χ0v) is 14.0. The second kappa shape index (κ2) is 7.48. The van der Waals surface area contributed by atoms with E-state index in [4.69, 9.17) is 4.74 Å². The monoisotopic (exact) mass is 336 g/mol. The third-order valence-corrected chi connectivity index (χ3v) is 3.52. The number of halogens is 1. The maximum absolute atomic E-state index is 12.5. The fraction of sp³-hybridized carbons (Fsp3) is 0.375. The molecule has 124 valence electrons. The number of nitrogens with zero attached hydrogens (tertiary/aromatic N) is 1. The van der Waals surface area contributed by atoms with E-state index >= 15 is 0 Å². The van der Waals surface area contributed by atoms with E-state index in [0.29, 0.717) is 23.7 Å². The molecule has 0 saturated heterocycles. The van der Waals surface area contributed by atoms with E-state index in [9.17, 15) is 4.79 Å². The molecule has 6 nitrogen and oxygen atoms in total. The van der Waals surface area contributed by atoms with Crippen LogP contribution < -0.4 is 15.4 Å². The Labute approximate surface area is 141 Å². The van der Waals surface area contributed by atoms with E-state index in [1.807, 2.05) is 38.1 Å². The molecule has 2 heterocycles. The fourth-order valence-electron chi connectivity index (χ4n) is 2.52. The van der Waals surface area contributed by atoms with E-state index in [-0.39, 0.29) is 24.4 Å². The molecule has 0 saturated carbocycles. The summed E-state index contributed by atoms with van der Waals surface area (Å²) in [4.78, 5) is 12.5. The minimum atomic E-state index is -0.221. The fourth-order valence-corrected chi connectivity index (χ4v) is 2.52. The summed E-state index contributed by atoms with van der Waals surface area (Å²) in [5.74, 6) is 0.439. The van der Waals surface area contributed by atoms with Crippen LogP contribution in [0.5, 0.6) is 5.75 Å². The number of benzene rings is 1. The van der Waals surface area contributed by atoms with Crippen LogP contribution in [0.4, 0.5) is 5.69 Å². The summed E-state index contributed by atoms with van der Waals surface area (Å²) in [6.07, 6.45) is 0.906. The molecule has 1 aliphatic heterocycles. The molecule has 3 rings (SSSR count). The lowest BCUT2D eigenvalue weighted by molar-refractivity contribution is 0.102. The molecule has 1 aliphatic rings. The lowest BCUT2D eigenvalue weighted by atomic mass is 10.1. The highest BCUT2D eigenvalue weighted by Gasteiger charge is 2.22. The average molecular weight is 337 g/mol. The van der Waals surface area contributed by atoms with Crippen molar-refractivity contribution in [1.82, 2.24) is 15.5 Å². The van der Waals surface area contributed by atoms with Gasteiger partial charge in [-0.2, -0.15) is 5.10 Å². The lowest BCUT2D eigenvalue weighted by Crippen LogP contribution is -2.25. The van der Waals surface area contributed by atoms with Gasteiger partial charge in [0.05, 0.1) is 11.8 Å². The third kappa shape index (κ3) is 3.83. The summed E-state index contributed by atoms with van der Waals surface area (Å²) in [5, 5.41) is 13.3. The molecule has 0 unspecified atom stereocenters. The van der Waals surface area contributed by atoms with Gasteiger partial charge in [0.2, 0.25) is 0 Å². The summed E-state index contributed by atoms with van der Waals surface area (Å²) in [6, 6.07) is 7.42. The summed E-state index contributed by atoms with van der Waals surface area (Å²) in [5.41, 5.74) is 3.09. The van der Waals surface area contributed by atoms with E-state index in [1.165, 1.54) is 0 Å². The first-order chi connectivity index (χ1) is 10.6. The number of ether oxygens (including phenoxy) is 1. The Morgan fingerprint density at radius 2 is 2.13 bits per heavy atom. The summed E-state index contributed by atoms with van der Waals surface area (Å²) in [7, 11) is 0. The number of carbonyl (C=O) groups is 1. The number of fused-ring (bicyclic) bond motifs is 1. The van der Waals surface area contributed by atoms with Crippen LogP contribution in [0.2, 0.25) is 0 Å². The van der Waals surface area contributed by atoms with E-state index in [1.54, 1.807) is 0 Å². The summed E-state index contributed by atoms with van der Waals surface area (Å²) >= 11 is 0. The molecule has 0 aliphatic carbocycles. The quantitative estimate of drug-likeness (QED) is 0.801. The molecular formula is C16H21ClN4O2. The largest absolute Gasteiger partial charge is 0.489 e. The van der Waals surface area contributed by atoms with E-state index in [2.05, 4.69) is 20.8 Å². The lowest BCUT2D eigenvalue weighted by Gasteiger charge is -2.15. The second-order valence-corrected chi connectivity index (χ2v) is 5.57. The van der Waals surface area contributed by atoms with Gasteiger partial charge in [0.1, 0.15) is 5.75 Å². The highest BCUT2D eigenvalue weighted by atomic mass is 35.5.